The molecule has 25 heavy (non-hydrogen) atoms. The van der Waals surface area contributed by atoms with Crippen LogP contribution in [0, 0.1) is 25.2 Å². The summed E-state index contributed by atoms with van der Waals surface area (Å²) >= 11 is 1.24. The smallest absolute Gasteiger partial charge is 0.248 e. The second kappa shape index (κ2) is 7.81. The van der Waals surface area contributed by atoms with E-state index in [4.69, 9.17) is 5.73 Å². The highest BCUT2D eigenvalue weighted by atomic mass is 32.2. The van der Waals surface area contributed by atoms with E-state index in [0.29, 0.717) is 21.8 Å². The third-order valence-corrected chi connectivity index (χ3v) is 4.60. The molecule has 0 radical (unpaired) electrons. The van der Waals surface area contributed by atoms with Crippen molar-refractivity contribution in [2.45, 2.75) is 31.0 Å². The number of hydrogen-bond acceptors (Lipinski definition) is 5. The van der Waals surface area contributed by atoms with Crippen molar-refractivity contribution >= 4 is 29.3 Å². The molecule has 0 aliphatic heterocycles. The molecule has 7 heteroatoms. The van der Waals surface area contributed by atoms with Gasteiger partial charge in [0, 0.05) is 16.9 Å². The van der Waals surface area contributed by atoms with Gasteiger partial charge in [-0.25, -0.2) is 4.98 Å². The number of anilines is 1. The van der Waals surface area contributed by atoms with E-state index in [9.17, 15) is 14.9 Å². The molecular formula is C18H18N4O2S. The van der Waals surface area contributed by atoms with Crippen molar-refractivity contribution in [3.63, 3.8) is 0 Å². The van der Waals surface area contributed by atoms with Crippen molar-refractivity contribution in [3.8, 4) is 6.07 Å². The third kappa shape index (κ3) is 4.58. The molecule has 2 aromatic rings. The van der Waals surface area contributed by atoms with E-state index in [1.54, 1.807) is 31.2 Å². The van der Waals surface area contributed by atoms with Gasteiger partial charge in [-0.2, -0.15) is 5.26 Å². The second-order valence-corrected chi connectivity index (χ2v) is 6.89. The Labute approximate surface area is 150 Å². The van der Waals surface area contributed by atoms with Gasteiger partial charge in [-0.15, -0.1) is 0 Å². The summed E-state index contributed by atoms with van der Waals surface area (Å²) in [6, 6.07) is 10.3. The number of thioether (sulfide) groups is 1. The van der Waals surface area contributed by atoms with E-state index in [0.717, 1.165) is 11.3 Å². The Kier molecular flexibility index (Phi) is 5.78. The van der Waals surface area contributed by atoms with E-state index >= 15 is 0 Å². The SMILES string of the molecule is Cc1cc(C)c(C#N)c(SC(C)C(=O)Nc2ccc(C(N)=O)cc2)n1. The molecule has 0 saturated heterocycles. The average Bonchev–Trinajstić information content (AvgIpc) is 2.54. The van der Waals surface area contributed by atoms with Crippen LogP contribution in [0.5, 0.6) is 0 Å². The van der Waals surface area contributed by atoms with Crippen molar-refractivity contribution < 1.29 is 9.59 Å². The van der Waals surface area contributed by atoms with Crippen molar-refractivity contribution in [1.29, 1.82) is 5.26 Å². The Bertz CT molecular complexity index is 857. The molecule has 1 atom stereocenters. The molecular weight excluding hydrogens is 336 g/mol. The van der Waals surface area contributed by atoms with E-state index in [2.05, 4.69) is 16.4 Å². The lowest BCUT2D eigenvalue weighted by Crippen LogP contribution is -2.22. The first-order valence-corrected chi connectivity index (χ1v) is 8.45. The minimum Gasteiger partial charge on any atom is -0.366 e. The summed E-state index contributed by atoms with van der Waals surface area (Å²) in [6.45, 7) is 5.45. The number of aryl methyl sites for hydroxylation is 2. The largest absolute Gasteiger partial charge is 0.366 e. The molecule has 6 nitrogen and oxygen atoms in total. The lowest BCUT2D eigenvalue weighted by molar-refractivity contribution is -0.115. The Hall–Kier alpha value is -2.85. The molecule has 1 aromatic heterocycles. The predicted molar refractivity (Wildman–Crippen MR) is 97.3 cm³/mol. The van der Waals surface area contributed by atoms with Crippen LogP contribution in [0.3, 0.4) is 0 Å². The zero-order valence-corrected chi connectivity index (χ0v) is 15.0. The number of amides is 2. The van der Waals surface area contributed by atoms with Crippen molar-refractivity contribution in [2.75, 3.05) is 5.32 Å². The topological polar surface area (TPSA) is 109 Å². The molecule has 1 aromatic carbocycles. The fourth-order valence-electron chi connectivity index (χ4n) is 2.21. The number of nitrogens with two attached hydrogens (primary N) is 1. The van der Waals surface area contributed by atoms with E-state index in [1.165, 1.54) is 11.8 Å². The van der Waals surface area contributed by atoms with Gasteiger partial charge in [0.25, 0.3) is 0 Å². The van der Waals surface area contributed by atoms with Crippen molar-refractivity contribution in [2.24, 2.45) is 5.73 Å². The maximum absolute atomic E-state index is 12.4. The standard InChI is InChI=1S/C18H18N4O2S/c1-10-8-11(2)21-18(15(10)9-19)25-12(3)17(24)22-14-6-4-13(5-7-14)16(20)23/h4-8,12H,1-3H3,(H2,20,23)(H,22,24). The molecule has 0 spiro atoms. The van der Waals surface area contributed by atoms with Gasteiger partial charge >= 0.3 is 0 Å². The zero-order chi connectivity index (χ0) is 18.6. The highest BCUT2D eigenvalue weighted by molar-refractivity contribution is 8.00. The average molecular weight is 354 g/mol. The molecule has 0 aliphatic carbocycles. The fourth-order valence-corrected chi connectivity index (χ4v) is 3.23. The van der Waals surface area contributed by atoms with Gasteiger partial charge in [0.2, 0.25) is 11.8 Å². The number of nitriles is 1. The van der Waals surface area contributed by atoms with E-state index in [-0.39, 0.29) is 5.91 Å². The monoisotopic (exact) mass is 354 g/mol. The molecule has 3 N–H and O–H groups in total. The first-order chi connectivity index (χ1) is 11.8. The van der Waals surface area contributed by atoms with Gasteiger partial charge in [0.05, 0.1) is 10.8 Å². The van der Waals surface area contributed by atoms with Gasteiger partial charge in [-0.3, -0.25) is 9.59 Å². The summed E-state index contributed by atoms with van der Waals surface area (Å²) in [6.07, 6.45) is 0. The number of carbonyl (C=O) groups excluding carboxylic acids is 2. The summed E-state index contributed by atoms with van der Waals surface area (Å²) in [4.78, 5) is 27.8. The van der Waals surface area contributed by atoms with Crippen LogP contribution in [0.15, 0.2) is 35.4 Å². The summed E-state index contributed by atoms with van der Waals surface area (Å²) in [7, 11) is 0. The lowest BCUT2D eigenvalue weighted by Gasteiger charge is -2.13. The van der Waals surface area contributed by atoms with Crippen LogP contribution < -0.4 is 11.1 Å². The number of nitrogens with one attached hydrogen (secondary N) is 1. The van der Waals surface area contributed by atoms with Crippen LogP contribution in [-0.2, 0) is 4.79 Å². The second-order valence-electron chi connectivity index (χ2n) is 5.56. The number of carbonyl (C=O) groups is 2. The zero-order valence-electron chi connectivity index (χ0n) is 14.2. The maximum atomic E-state index is 12.4. The van der Waals surface area contributed by atoms with Crippen LogP contribution in [-0.4, -0.2) is 22.0 Å². The number of rotatable bonds is 5. The molecule has 1 heterocycles. The molecule has 1 unspecified atom stereocenters. The number of benzene rings is 1. The third-order valence-electron chi connectivity index (χ3n) is 3.52. The van der Waals surface area contributed by atoms with Crippen LogP contribution in [0.4, 0.5) is 5.69 Å². The van der Waals surface area contributed by atoms with Crippen LogP contribution in [0.2, 0.25) is 0 Å². The molecule has 2 amide bonds. The van der Waals surface area contributed by atoms with Crippen molar-refractivity contribution in [1.82, 2.24) is 4.98 Å². The summed E-state index contributed by atoms with van der Waals surface area (Å²) < 4.78 is 0. The number of aromatic nitrogens is 1. The Morgan fingerprint density at radius 3 is 2.48 bits per heavy atom. The van der Waals surface area contributed by atoms with Gasteiger partial charge in [0.1, 0.15) is 11.1 Å². The predicted octanol–water partition coefficient (Wildman–Crippen LogP) is 2.79. The van der Waals surface area contributed by atoms with E-state index < -0.39 is 11.2 Å². The number of primary amides is 1. The Morgan fingerprint density at radius 1 is 1.28 bits per heavy atom. The highest BCUT2D eigenvalue weighted by Gasteiger charge is 2.19. The quantitative estimate of drug-likeness (QED) is 0.803. The van der Waals surface area contributed by atoms with Gasteiger partial charge < -0.3 is 11.1 Å². The number of pyridine rings is 1. The molecule has 0 fully saturated rings. The lowest BCUT2D eigenvalue weighted by atomic mass is 10.1. The minimum atomic E-state index is -0.522. The summed E-state index contributed by atoms with van der Waals surface area (Å²) in [5, 5.41) is 12.2. The highest BCUT2D eigenvalue weighted by Crippen LogP contribution is 2.28. The first kappa shape index (κ1) is 18.5. The minimum absolute atomic E-state index is 0.221. The Balaban J connectivity index is 2.11. The summed E-state index contributed by atoms with van der Waals surface area (Å²) in [5.74, 6) is -0.742. The van der Waals surface area contributed by atoms with Gasteiger partial charge in [0.15, 0.2) is 0 Å². The van der Waals surface area contributed by atoms with Gasteiger partial charge in [-0.05, 0) is 56.7 Å². The molecule has 0 aliphatic rings. The van der Waals surface area contributed by atoms with Gasteiger partial charge in [-0.1, -0.05) is 11.8 Å². The molecule has 0 saturated carbocycles. The maximum Gasteiger partial charge on any atom is 0.248 e. The van der Waals surface area contributed by atoms with Crippen molar-refractivity contribution in [3.05, 3.63) is 52.7 Å². The first-order valence-electron chi connectivity index (χ1n) is 7.57. The molecule has 128 valence electrons. The van der Waals surface area contributed by atoms with Crippen LogP contribution in [0.25, 0.3) is 0 Å². The van der Waals surface area contributed by atoms with E-state index in [1.807, 2.05) is 19.9 Å². The number of hydrogen-bond donors (Lipinski definition) is 2. The van der Waals surface area contributed by atoms with Crippen LogP contribution >= 0.6 is 11.8 Å². The molecule has 0 bridgehead atoms. The fraction of sp³-hybridized carbons (Fsp3) is 0.222. The summed E-state index contributed by atoms with van der Waals surface area (Å²) in [5.41, 5.74) is 8.25. The molecule has 2 rings (SSSR count). The number of nitrogens with zero attached hydrogens (tertiary/aromatic N) is 2. The normalized spacial score (nSPS) is 11.4. The Morgan fingerprint density at radius 2 is 1.92 bits per heavy atom. The van der Waals surface area contributed by atoms with Crippen LogP contribution in [0.1, 0.15) is 34.1 Å².